The lowest BCUT2D eigenvalue weighted by molar-refractivity contribution is -0.188. The second-order valence-electron chi connectivity index (χ2n) is 10.6. The molecule has 0 aliphatic carbocycles. The summed E-state index contributed by atoms with van der Waals surface area (Å²) in [6, 6.07) is 17.5. The monoisotopic (exact) mass is 574 g/mol. The Morgan fingerprint density at radius 3 is 2.10 bits per heavy atom. The van der Waals surface area contributed by atoms with Crippen LogP contribution in [0.3, 0.4) is 0 Å². The van der Waals surface area contributed by atoms with E-state index in [2.05, 4.69) is 65.3 Å². The third-order valence-electron chi connectivity index (χ3n) is 7.59. The van der Waals surface area contributed by atoms with Crippen molar-refractivity contribution < 1.29 is 14.3 Å². The Balaban J connectivity index is 0.00000420. The van der Waals surface area contributed by atoms with Gasteiger partial charge in [-0.15, -0.1) is 12.4 Å². The lowest BCUT2D eigenvalue weighted by Gasteiger charge is -2.35. The van der Waals surface area contributed by atoms with Crippen LogP contribution in [0.25, 0.3) is 0 Å². The molecule has 0 saturated carbocycles. The fourth-order valence-electron chi connectivity index (χ4n) is 5.51. The van der Waals surface area contributed by atoms with Gasteiger partial charge < -0.3 is 19.3 Å². The molecule has 2 aliphatic rings. The van der Waals surface area contributed by atoms with E-state index < -0.39 is 6.29 Å². The van der Waals surface area contributed by atoms with Crippen molar-refractivity contribution in [3.8, 4) is 0 Å². The number of hydrogen-bond acceptors (Lipinski definition) is 6. The largest absolute Gasteiger partial charge is 0.436 e. The number of ether oxygens (including phenoxy) is 2. The van der Waals surface area contributed by atoms with E-state index in [-0.39, 0.29) is 24.5 Å². The van der Waals surface area contributed by atoms with Crippen LogP contribution >= 0.6 is 24.2 Å². The number of carbonyl (C=O) groups excluding carboxylic acids is 1. The quantitative estimate of drug-likeness (QED) is 0.120. The number of halogens is 1. The highest BCUT2D eigenvalue weighted by molar-refractivity contribution is 7.99. The first kappa shape index (κ1) is 31.8. The average Bonchev–Trinajstić information content (AvgIpc) is 2.93. The van der Waals surface area contributed by atoms with Crippen molar-refractivity contribution in [3.05, 3.63) is 48.5 Å². The minimum absolute atomic E-state index is 0. The molecule has 5 nitrogen and oxygen atoms in total. The molecule has 39 heavy (non-hydrogen) atoms. The standard InChI is InChI=1S/C32H46N2O3S.ClH/c1-3-4-5-6-7-8-9-19-32(35)37-26(2)36-27-20-24-33(25-21-27)22-14-23-34-28-15-10-12-17-30(28)38-31-18-13-11-16-29(31)34;/h10-13,15-18,26-27H,3-9,14,19-25H2,1-2H3;1H. The summed E-state index contributed by atoms with van der Waals surface area (Å²) in [5.74, 6) is -0.122. The zero-order valence-electron chi connectivity index (χ0n) is 23.8. The smallest absolute Gasteiger partial charge is 0.308 e. The molecule has 0 bridgehead atoms. The number of benzene rings is 2. The van der Waals surface area contributed by atoms with Gasteiger partial charge in [-0.2, -0.15) is 0 Å². The van der Waals surface area contributed by atoms with Crippen LogP contribution in [-0.2, 0) is 14.3 Å². The summed E-state index contributed by atoms with van der Waals surface area (Å²) >= 11 is 1.87. The third-order valence-corrected chi connectivity index (χ3v) is 8.72. The van der Waals surface area contributed by atoms with Gasteiger partial charge >= 0.3 is 5.97 Å². The first-order chi connectivity index (χ1) is 18.6. The van der Waals surface area contributed by atoms with Crippen molar-refractivity contribution in [3.63, 3.8) is 0 Å². The van der Waals surface area contributed by atoms with Crippen LogP contribution in [-0.4, -0.2) is 49.4 Å². The Morgan fingerprint density at radius 2 is 1.46 bits per heavy atom. The summed E-state index contributed by atoms with van der Waals surface area (Å²) in [6.45, 7) is 8.26. The minimum Gasteiger partial charge on any atom is -0.436 e. The van der Waals surface area contributed by atoms with E-state index >= 15 is 0 Å². The van der Waals surface area contributed by atoms with Crippen LogP contribution in [0.15, 0.2) is 58.3 Å². The maximum absolute atomic E-state index is 12.2. The van der Waals surface area contributed by atoms with Gasteiger partial charge in [0, 0.05) is 35.8 Å². The molecule has 2 heterocycles. The summed E-state index contributed by atoms with van der Waals surface area (Å²) in [7, 11) is 0. The number of hydrogen-bond donors (Lipinski definition) is 0. The van der Waals surface area contributed by atoms with Gasteiger partial charge in [0.05, 0.1) is 17.5 Å². The van der Waals surface area contributed by atoms with Crippen molar-refractivity contribution in [1.82, 2.24) is 4.90 Å². The Morgan fingerprint density at radius 1 is 0.872 bits per heavy atom. The first-order valence-electron chi connectivity index (χ1n) is 14.8. The lowest BCUT2D eigenvalue weighted by Crippen LogP contribution is -2.40. The average molecular weight is 575 g/mol. The first-order valence-corrected chi connectivity index (χ1v) is 15.7. The molecule has 2 aromatic carbocycles. The number of rotatable bonds is 15. The normalized spacial score (nSPS) is 16.2. The van der Waals surface area contributed by atoms with Gasteiger partial charge in [-0.3, -0.25) is 4.79 Å². The molecule has 0 N–H and O–H groups in total. The number of para-hydroxylation sites is 2. The van der Waals surface area contributed by atoms with Gasteiger partial charge in [0.15, 0.2) is 6.29 Å². The molecule has 216 valence electrons. The van der Waals surface area contributed by atoms with Crippen LogP contribution in [0.2, 0.25) is 0 Å². The second kappa shape index (κ2) is 17.2. The fraction of sp³-hybridized carbons (Fsp3) is 0.594. The van der Waals surface area contributed by atoms with E-state index in [0.29, 0.717) is 6.42 Å². The van der Waals surface area contributed by atoms with Gasteiger partial charge in [-0.25, -0.2) is 0 Å². The van der Waals surface area contributed by atoms with E-state index in [1.807, 2.05) is 18.7 Å². The lowest BCUT2D eigenvalue weighted by atomic mass is 10.1. The van der Waals surface area contributed by atoms with Gasteiger partial charge in [-0.1, -0.05) is 81.5 Å². The van der Waals surface area contributed by atoms with Gasteiger partial charge in [-0.05, 0) is 63.4 Å². The molecular weight excluding hydrogens is 528 g/mol. The molecule has 1 unspecified atom stereocenters. The van der Waals surface area contributed by atoms with Gasteiger partial charge in [0.1, 0.15) is 0 Å². The number of piperidine rings is 1. The molecule has 2 aromatic rings. The molecule has 0 spiro atoms. The van der Waals surface area contributed by atoms with Crippen LogP contribution < -0.4 is 4.90 Å². The van der Waals surface area contributed by atoms with Crippen molar-refractivity contribution >= 4 is 41.5 Å². The van der Waals surface area contributed by atoms with Crippen LogP contribution in [0.4, 0.5) is 11.4 Å². The predicted molar refractivity (Wildman–Crippen MR) is 165 cm³/mol. The molecule has 1 fully saturated rings. The highest BCUT2D eigenvalue weighted by atomic mass is 35.5. The van der Waals surface area contributed by atoms with Crippen molar-refractivity contribution in [2.75, 3.05) is 31.1 Å². The molecule has 1 saturated heterocycles. The van der Waals surface area contributed by atoms with Crippen molar-refractivity contribution in [2.45, 2.75) is 107 Å². The van der Waals surface area contributed by atoms with Crippen molar-refractivity contribution in [1.29, 1.82) is 0 Å². The van der Waals surface area contributed by atoms with Gasteiger partial charge in [0.2, 0.25) is 0 Å². The van der Waals surface area contributed by atoms with Gasteiger partial charge in [0.25, 0.3) is 0 Å². The maximum atomic E-state index is 12.2. The third kappa shape index (κ3) is 10.00. The minimum atomic E-state index is -0.458. The van der Waals surface area contributed by atoms with E-state index in [4.69, 9.17) is 9.47 Å². The van der Waals surface area contributed by atoms with E-state index in [1.165, 1.54) is 53.3 Å². The summed E-state index contributed by atoms with van der Waals surface area (Å²) in [5, 5.41) is 0. The Labute approximate surface area is 246 Å². The number of anilines is 2. The summed E-state index contributed by atoms with van der Waals surface area (Å²) in [5.41, 5.74) is 2.64. The molecule has 0 amide bonds. The molecule has 2 aliphatic heterocycles. The number of unbranched alkanes of at least 4 members (excludes halogenated alkanes) is 6. The highest BCUT2D eigenvalue weighted by Gasteiger charge is 2.25. The number of esters is 1. The van der Waals surface area contributed by atoms with Crippen LogP contribution in [0.5, 0.6) is 0 Å². The van der Waals surface area contributed by atoms with Crippen LogP contribution in [0, 0.1) is 0 Å². The number of carbonyl (C=O) groups is 1. The topological polar surface area (TPSA) is 42.0 Å². The molecule has 7 heteroatoms. The molecule has 1 atom stereocenters. The molecule has 0 aromatic heterocycles. The number of nitrogens with zero attached hydrogens (tertiary/aromatic N) is 2. The zero-order chi connectivity index (χ0) is 26.6. The molecule has 0 radical (unpaired) electrons. The summed E-state index contributed by atoms with van der Waals surface area (Å²) in [6.07, 6.45) is 11.7. The molecule has 4 rings (SSSR count). The Bertz CT molecular complexity index is 953. The van der Waals surface area contributed by atoms with E-state index in [9.17, 15) is 4.79 Å². The molecular formula is C32H47ClN2O3S. The van der Waals surface area contributed by atoms with E-state index in [0.717, 1.165) is 58.3 Å². The second-order valence-corrected chi connectivity index (χ2v) is 11.7. The maximum Gasteiger partial charge on any atom is 0.308 e. The summed E-state index contributed by atoms with van der Waals surface area (Å²) < 4.78 is 11.6. The Hall–Kier alpha value is -1.73. The zero-order valence-corrected chi connectivity index (χ0v) is 25.4. The summed E-state index contributed by atoms with van der Waals surface area (Å²) in [4.78, 5) is 19.9. The van der Waals surface area contributed by atoms with Crippen LogP contribution in [0.1, 0.15) is 84.5 Å². The fourth-order valence-corrected chi connectivity index (χ4v) is 6.61. The SMILES string of the molecule is CCCCCCCCCC(=O)OC(C)OC1CCN(CCCN2c3ccccc3Sc3ccccc32)CC1.Cl. The van der Waals surface area contributed by atoms with E-state index in [1.54, 1.807) is 0 Å². The van der Waals surface area contributed by atoms with Crippen molar-refractivity contribution in [2.24, 2.45) is 0 Å². The number of likely N-dealkylation sites (tertiary alicyclic amines) is 1. The number of fused-ring (bicyclic) bond motifs is 2. The predicted octanol–water partition coefficient (Wildman–Crippen LogP) is 8.61. The highest BCUT2D eigenvalue weighted by Crippen LogP contribution is 2.47. The Kier molecular flexibility index (Phi) is 14.0.